The topological polar surface area (TPSA) is 86.0 Å². The fraction of sp³-hybridized carbons (Fsp3) is 0.0455. The van der Waals surface area contributed by atoms with Crippen molar-refractivity contribution >= 4 is 17.5 Å². The minimum atomic E-state index is 0.219. The molecule has 0 amide bonds. The molecule has 0 aliphatic rings. The highest BCUT2D eigenvalue weighted by Crippen LogP contribution is 2.26. The third-order valence-corrected chi connectivity index (χ3v) is 4.04. The number of hydrogen-bond acceptors (Lipinski definition) is 6. The molecule has 2 aromatic carbocycles. The lowest BCUT2D eigenvalue weighted by Gasteiger charge is -2.10. The molecule has 0 bridgehead atoms. The zero-order chi connectivity index (χ0) is 19.3. The van der Waals surface area contributed by atoms with Gasteiger partial charge in [-0.3, -0.25) is 4.98 Å². The third-order valence-electron chi connectivity index (χ3n) is 4.04. The lowest BCUT2D eigenvalue weighted by molar-refractivity contribution is 0.481. The van der Waals surface area contributed by atoms with E-state index in [-0.39, 0.29) is 5.95 Å². The van der Waals surface area contributed by atoms with Gasteiger partial charge in [0.25, 0.3) is 0 Å². The fourth-order valence-electron chi connectivity index (χ4n) is 2.76. The molecule has 2 heterocycles. The van der Waals surface area contributed by atoms with Crippen LogP contribution in [0, 0.1) is 6.92 Å². The summed E-state index contributed by atoms with van der Waals surface area (Å²) in [4.78, 5) is 12.8. The summed E-state index contributed by atoms with van der Waals surface area (Å²) in [6, 6.07) is 23.1. The van der Waals surface area contributed by atoms with Crippen LogP contribution in [0.2, 0.25) is 0 Å². The molecule has 0 saturated carbocycles. The number of nitrogen functional groups attached to an aromatic ring is 1. The number of nitrogens with two attached hydrogens (primary N) is 1. The van der Waals surface area contributed by atoms with Gasteiger partial charge in [-0.15, -0.1) is 0 Å². The van der Waals surface area contributed by atoms with Gasteiger partial charge in [-0.05, 0) is 37.3 Å². The normalized spacial score (nSPS) is 10.5. The predicted molar refractivity (Wildman–Crippen MR) is 111 cm³/mol. The van der Waals surface area contributed by atoms with Crippen molar-refractivity contribution in [2.45, 2.75) is 6.92 Å². The van der Waals surface area contributed by atoms with Crippen LogP contribution in [0.15, 0.2) is 79.0 Å². The molecule has 0 aliphatic heterocycles. The van der Waals surface area contributed by atoms with Crippen molar-refractivity contribution in [3.05, 3.63) is 84.7 Å². The number of pyridine rings is 1. The van der Waals surface area contributed by atoms with E-state index in [0.717, 1.165) is 34.1 Å². The Hall–Kier alpha value is -3.93. The number of nitrogens with zero attached hydrogens (tertiary/aromatic N) is 3. The second-order valence-electron chi connectivity index (χ2n) is 6.25. The fourth-order valence-corrected chi connectivity index (χ4v) is 2.76. The van der Waals surface area contributed by atoms with Gasteiger partial charge in [0.2, 0.25) is 5.95 Å². The quantitative estimate of drug-likeness (QED) is 0.517. The smallest absolute Gasteiger partial charge is 0.222 e. The standard InChI is InChI=1S/C22H19N5O/c1-15-13-19(11-12-24-15)28-18-9-7-17(8-10-18)25-21-14-20(26-22(23)27-21)16-5-3-2-4-6-16/h2-14H,1H3,(H3,23,25,26,27). The van der Waals surface area contributed by atoms with Gasteiger partial charge in [0.1, 0.15) is 17.3 Å². The maximum atomic E-state index is 5.89. The second kappa shape index (κ2) is 7.75. The Bertz CT molecular complexity index is 1080. The number of rotatable bonds is 5. The molecule has 0 fully saturated rings. The van der Waals surface area contributed by atoms with E-state index in [4.69, 9.17) is 10.5 Å². The summed E-state index contributed by atoms with van der Waals surface area (Å²) >= 11 is 0. The molecule has 28 heavy (non-hydrogen) atoms. The summed E-state index contributed by atoms with van der Waals surface area (Å²) in [5, 5.41) is 3.26. The second-order valence-corrected chi connectivity index (χ2v) is 6.25. The number of aryl methyl sites for hydroxylation is 1. The SMILES string of the molecule is Cc1cc(Oc2ccc(Nc3cc(-c4ccccc4)nc(N)n3)cc2)ccn1. The Labute approximate surface area is 163 Å². The zero-order valence-corrected chi connectivity index (χ0v) is 15.3. The summed E-state index contributed by atoms with van der Waals surface area (Å²) in [5.74, 6) is 2.34. The predicted octanol–water partition coefficient (Wildman–Crippen LogP) is 4.97. The Kier molecular flexibility index (Phi) is 4.84. The number of ether oxygens (including phenoxy) is 1. The molecule has 0 saturated heterocycles. The maximum absolute atomic E-state index is 5.89. The monoisotopic (exact) mass is 369 g/mol. The minimum Gasteiger partial charge on any atom is -0.457 e. The summed E-state index contributed by atoms with van der Waals surface area (Å²) in [7, 11) is 0. The van der Waals surface area contributed by atoms with Gasteiger partial charge >= 0.3 is 0 Å². The lowest BCUT2D eigenvalue weighted by atomic mass is 10.1. The first kappa shape index (κ1) is 17.5. The minimum absolute atomic E-state index is 0.219. The molecule has 0 aliphatic carbocycles. The van der Waals surface area contributed by atoms with Crippen molar-refractivity contribution in [1.82, 2.24) is 15.0 Å². The number of nitrogens with one attached hydrogen (secondary N) is 1. The van der Waals surface area contributed by atoms with Gasteiger partial charge in [0, 0.05) is 35.3 Å². The first-order chi connectivity index (χ1) is 13.7. The summed E-state index contributed by atoms with van der Waals surface area (Å²) in [6.45, 7) is 1.93. The van der Waals surface area contributed by atoms with Crippen LogP contribution in [-0.2, 0) is 0 Å². The van der Waals surface area contributed by atoms with E-state index in [1.807, 2.05) is 79.7 Å². The maximum Gasteiger partial charge on any atom is 0.222 e. The first-order valence-electron chi connectivity index (χ1n) is 8.83. The Morgan fingerprint density at radius 3 is 2.39 bits per heavy atom. The largest absolute Gasteiger partial charge is 0.457 e. The summed E-state index contributed by atoms with van der Waals surface area (Å²) < 4.78 is 5.85. The highest BCUT2D eigenvalue weighted by atomic mass is 16.5. The number of hydrogen-bond donors (Lipinski definition) is 2. The van der Waals surface area contributed by atoms with Crippen LogP contribution >= 0.6 is 0 Å². The van der Waals surface area contributed by atoms with Crippen molar-refractivity contribution in [3.8, 4) is 22.8 Å². The van der Waals surface area contributed by atoms with Crippen LogP contribution in [0.25, 0.3) is 11.3 Å². The van der Waals surface area contributed by atoms with E-state index >= 15 is 0 Å². The lowest BCUT2D eigenvalue weighted by Crippen LogP contribution is -2.01. The third kappa shape index (κ3) is 4.24. The van der Waals surface area contributed by atoms with Crippen LogP contribution in [0.3, 0.4) is 0 Å². The summed E-state index contributed by atoms with van der Waals surface area (Å²) in [6.07, 6.45) is 1.73. The molecule has 6 nitrogen and oxygen atoms in total. The molecular weight excluding hydrogens is 350 g/mol. The van der Waals surface area contributed by atoms with Gasteiger partial charge in [-0.25, -0.2) is 4.98 Å². The average Bonchev–Trinajstić information content (AvgIpc) is 2.70. The number of anilines is 3. The van der Waals surface area contributed by atoms with Crippen LogP contribution in [0.5, 0.6) is 11.5 Å². The molecule has 0 unspecified atom stereocenters. The molecule has 4 aromatic rings. The van der Waals surface area contributed by atoms with E-state index in [1.165, 1.54) is 0 Å². The van der Waals surface area contributed by atoms with Gasteiger partial charge in [-0.1, -0.05) is 30.3 Å². The molecule has 0 atom stereocenters. The highest BCUT2D eigenvalue weighted by molar-refractivity contribution is 5.67. The number of aromatic nitrogens is 3. The molecule has 4 rings (SSSR count). The molecule has 2 aromatic heterocycles. The Morgan fingerprint density at radius 1 is 0.857 bits per heavy atom. The van der Waals surface area contributed by atoms with Crippen LogP contribution in [0.1, 0.15) is 5.69 Å². The van der Waals surface area contributed by atoms with Crippen molar-refractivity contribution in [1.29, 1.82) is 0 Å². The van der Waals surface area contributed by atoms with E-state index in [1.54, 1.807) is 6.20 Å². The van der Waals surface area contributed by atoms with Gasteiger partial charge in [-0.2, -0.15) is 4.98 Å². The summed E-state index contributed by atoms with van der Waals surface area (Å²) in [5.41, 5.74) is 9.41. The molecular formula is C22H19N5O. The van der Waals surface area contributed by atoms with Gasteiger partial charge < -0.3 is 15.8 Å². The zero-order valence-electron chi connectivity index (χ0n) is 15.3. The van der Waals surface area contributed by atoms with Crippen molar-refractivity contribution in [3.63, 3.8) is 0 Å². The van der Waals surface area contributed by atoms with E-state index in [2.05, 4.69) is 20.3 Å². The molecule has 138 valence electrons. The average molecular weight is 369 g/mol. The van der Waals surface area contributed by atoms with Crippen molar-refractivity contribution in [2.75, 3.05) is 11.1 Å². The van der Waals surface area contributed by atoms with E-state index in [0.29, 0.717) is 5.82 Å². The molecule has 0 radical (unpaired) electrons. The van der Waals surface area contributed by atoms with Crippen LogP contribution in [-0.4, -0.2) is 15.0 Å². The highest BCUT2D eigenvalue weighted by Gasteiger charge is 2.06. The van der Waals surface area contributed by atoms with Crippen molar-refractivity contribution < 1.29 is 4.74 Å². The molecule has 3 N–H and O–H groups in total. The Morgan fingerprint density at radius 2 is 1.64 bits per heavy atom. The van der Waals surface area contributed by atoms with E-state index < -0.39 is 0 Å². The molecule has 6 heteroatoms. The van der Waals surface area contributed by atoms with Gasteiger partial charge in [0.05, 0.1) is 5.69 Å². The first-order valence-corrected chi connectivity index (χ1v) is 8.83. The van der Waals surface area contributed by atoms with Crippen LogP contribution in [0.4, 0.5) is 17.5 Å². The Balaban J connectivity index is 1.51. The van der Waals surface area contributed by atoms with Crippen LogP contribution < -0.4 is 15.8 Å². The molecule has 0 spiro atoms. The van der Waals surface area contributed by atoms with Crippen molar-refractivity contribution in [2.24, 2.45) is 0 Å². The number of benzene rings is 2. The van der Waals surface area contributed by atoms with E-state index in [9.17, 15) is 0 Å². The van der Waals surface area contributed by atoms with Gasteiger partial charge in [0.15, 0.2) is 0 Å².